The molecule has 19 heavy (non-hydrogen) atoms. The van der Waals surface area contributed by atoms with Gasteiger partial charge in [-0.05, 0) is 11.6 Å². The van der Waals surface area contributed by atoms with Crippen molar-refractivity contribution in [2.75, 3.05) is 32.7 Å². The summed E-state index contributed by atoms with van der Waals surface area (Å²) in [6.45, 7) is 4.61. The summed E-state index contributed by atoms with van der Waals surface area (Å²) in [5, 5.41) is 11.5. The minimum Gasteiger partial charge on any atom is -0.409 e. The van der Waals surface area contributed by atoms with E-state index in [-0.39, 0.29) is 11.7 Å². The molecule has 104 valence electrons. The van der Waals surface area contributed by atoms with Crippen LogP contribution in [0.2, 0.25) is 0 Å². The summed E-state index contributed by atoms with van der Waals surface area (Å²) in [4.78, 5) is 8.20. The number of hydrogen-bond donors (Lipinski definition) is 2. The third-order valence-electron chi connectivity index (χ3n) is 3.15. The van der Waals surface area contributed by atoms with Gasteiger partial charge in [-0.1, -0.05) is 5.16 Å². The average Bonchev–Trinajstić information content (AvgIpc) is 2.41. The fraction of sp³-hybridized carbons (Fsp3) is 0.500. The van der Waals surface area contributed by atoms with E-state index in [1.165, 1.54) is 12.3 Å². The zero-order chi connectivity index (χ0) is 13.7. The predicted molar refractivity (Wildman–Crippen MR) is 69.3 cm³/mol. The number of nitrogens with two attached hydrogens (primary N) is 1. The third-order valence-corrected chi connectivity index (χ3v) is 3.15. The number of aromatic nitrogens is 1. The molecule has 1 aliphatic rings. The lowest BCUT2D eigenvalue weighted by Crippen LogP contribution is -2.48. The molecule has 0 bridgehead atoms. The van der Waals surface area contributed by atoms with Gasteiger partial charge in [0.15, 0.2) is 5.84 Å². The number of hydrogen-bond acceptors (Lipinski definition) is 5. The summed E-state index contributed by atoms with van der Waals surface area (Å²) >= 11 is 0. The monoisotopic (exact) mass is 267 g/mol. The minimum absolute atomic E-state index is 0.225. The molecule has 2 heterocycles. The van der Waals surface area contributed by atoms with Gasteiger partial charge < -0.3 is 10.9 Å². The molecule has 1 aromatic heterocycles. The molecule has 0 saturated carbocycles. The Labute approximate surface area is 111 Å². The molecule has 0 amide bonds. The van der Waals surface area contributed by atoms with Crippen molar-refractivity contribution in [3.05, 3.63) is 29.8 Å². The third kappa shape index (κ3) is 4.15. The van der Waals surface area contributed by atoms with Crippen LogP contribution in [0, 0.1) is 5.82 Å². The van der Waals surface area contributed by atoms with Crippen molar-refractivity contribution >= 4 is 5.84 Å². The second-order valence-corrected chi connectivity index (χ2v) is 4.66. The Bertz CT molecular complexity index is 446. The van der Waals surface area contributed by atoms with Crippen LogP contribution < -0.4 is 5.73 Å². The quantitative estimate of drug-likeness (QED) is 0.350. The molecule has 2 rings (SSSR count). The molecule has 3 N–H and O–H groups in total. The Hall–Kier alpha value is -1.73. The summed E-state index contributed by atoms with van der Waals surface area (Å²) < 4.78 is 13.0. The SMILES string of the molecule is N/C(CN1CCN(Cc2cncc(F)c2)CC1)=N/O. The van der Waals surface area contributed by atoms with Gasteiger partial charge in [-0.15, -0.1) is 0 Å². The number of oxime groups is 1. The molecule has 1 fully saturated rings. The minimum atomic E-state index is -0.303. The van der Waals surface area contributed by atoms with E-state index in [2.05, 4.69) is 19.9 Å². The zero-order valence-corrected chi connectivity index (χ0v) is 10.7. The van der Waals surface area contributed by atoms with Crippen LogP contribution >= 0.6 is 0 Å². The summed E-state index contributed by atoms with van der Waals surface area (Å²) in [6, 6.07) is 1.51. The van der Waals surface area contributed by atoms with Crippen LogP contribution in [0.3, 0.4) is 0 Å². The van der Waals surface area contributed by atoms with Crippen LogP contribution in [0.25, 0.3) is 0 Å². The lowest BCUT2D eigenvalue weighted by molar-refractivity contribution is 0.138. The van der Waals surface area contributed by atoms with Gasteiger partial charge in [0.1, 0.15) is 5.82 Å². The van der Waals surface area contributed by atoms with Crippen LogP contribution in [0.15, 0.2) is 23.6 Å². The molecule has 6 nitrogen and oxygen atoms in total. The molecular weight excluding hydrogens is 249 g/mol. The molecular formula is C12H18FN5O. The van der Waals surface area contributed by atoms with Crippen molar-refractivity contribution < 1.29 is 9.60 Å². The van der Waals surface area contributed by atoms with Gasteiger partial charge in [0, 0.05) is 38.9 Å². The molecule has 0 spiro atoms. The lowest BCUT2D eigenvalue weighted by Gasteiger charge is -2.34. The molecule has 1 aliphatic heterocycles. The molecule has 0 aromatic carbocycles. The Morgan fingerprint density at radius 2 is 2.00 bits per heavy atom. The van der Waals surface area contributed by atoms with Crippen LogP contribution in [0.5, 0.6) is 0 Å². The largest absolute Gasteiger partial charge is 0.409 e. The first kappa shape index (κ1) is 13.7. The summed E-state index contributed by atoms with van der Waals surface area (Å²) in [5.74, 6) is -0.0779. The maximum Gasteiger partial charge on any atom is 0.153 e. The Morgan fingerprint density at radius 3 is 2.63 bits per heavy atom. The Balaban J connectivity index is 1.80. The van der Waals surface area contributed by atoms with E-state index in [9.17, 15) is 4.39 Å². The summed E-state index contributed by atoms with van der Waals surface area (Å²) in [5.41, 5.74) is 6.35. The number of rotatable bonds is 4. The van der Waals surface area contributed by atoms with E-state index in [4.69, 9.17) is 10.9 Å². The molecule has 0 atom stereocenters. The van der Waals surface area contributed by atoms with E-state index < -0.39 is 0 Å². The van der Waals surface area contributed by atoms with Crippen molar-refractivity contribution in [2.24, 2.45) is 10.9 Å². The fourth-order valence-corrected chi connectivity index (χ4v) is 2.17. The van der Waals surface area contributed by atoms with E-state index in [0.717, 1.165) is 31.7 Å². The highest BCUT2D eigenvalue weighted by Crippen LogP contribution is 2.08. The van der Waals surface area contributed by atoms with E-state index in [1.807, 2.05) is 0 Å². The highest BCUT2D eigenvalue weighted by atomic mass is 19.1. The van der Waals surface area contributed by atoms with Gasteiger partial charge in [0.25, 0.3) is 0 Å². The van der Waals surface area contributed by atoms with Gasteiger partial charge in [-0.2, -0.15) is 0 Å². The first-order valence-electron chi connectivity index (χ1n) is 6.18. The standard InChI is InChI=1S/C12H18FN5O/c13-11-5-10(6-15-7-11)8-17-1-3-18(4-2-17)9-12(14)16-19/h5-7,19H,1-4,8-9H2,(H2,14,16). The summed E-state index contributed by atoms with van der Waals surface area (Å²) in [6.07, 6.45) is 2.89. The summed E-state index contributed by atoms with van der Waals surface area (Å²) in [7, 11) is 0. The Morgan fingerprint density at radius 1 is 1.32 bits per heavy atom. The molecule has 0 unspecified atom stereocenters. The second kappa shape index (κ2) is 6.44. The molecule has 1 saturated heterocycles. The first-order chi connectivity index (χ1) is 9.17. The number of pyridine rings is 1. The molecule has 7 heteroatoms. The van der Waals surface area contributed by atoms with Crippen LogP contribution in [-0.2, 0) is 6.54 Å². The maximum absolute atomic E-state index is 13.0. The zero-order valence-electron chi connectivity index (χ0n) is 10.7. The van der Waals surface area contributed by atoms with Gasteiger partial charge in [0.2, 0.25) is 0 Å². The molecule has 0 aliphatic carbocycles. The van der Waals surface area contributed by atoms with Crippen molar-refractivity contribution in [3.63, 3.8) is 0 Å². The van der Waals surface area contributed by atoms with Crippen molar-refractivity contribution in [3.8, 4) is 0 Å². The normalized spacial score (nSPS) is 18.7. The number of halogens is 1. The number of piperazine rings is 1. The average molecular weight is 267 g/mol. The highest BCUT2D eigenvalue weighted by Gasteiger charge is 2.17. The van der Waals surface area contributed by atoms with Gasteiger partial charge in [-0.25, -0.2) is 4.39 Å². The van der Waals surface area contributed by atoms with Gasteiger partial charge >= 0.3 is 0 Å². The number of nitrogens with zero attached hydrogens (tertiary/aromatic N) is 4. The second-order valence-electron chi connectivity index (χ2n) is 4.66. The topological polar surface area (TPSA) is 78.0 Å². The van der Waals surface area contributed by atoms with E-state index >= 15 is 0 Å². The predicted octanol–water partition coefficient (Wildman–Crippen LogP) is 0.0847. The van der Waals surface area contributed by atoms with E-state index in [1.54, 1.807) is 6.20 Å². The Kier molecular flexibility index (Phi) is 4.64. The number of amidine groups is 1. The van der Waals surface area contributed by atoms with Crippen molar-refractivity contribution in [2.45, 2.75) is 6.54 Å². The molecule has 0 radical (unpaired) electrons. The smallest absolute Gasteiger partial charge is 0.153 e. The maximum atomic E-state index is 13.0. The van der Waals surface area contributed by atoms with Crippen LogP contribution in [-0.4, -0.2) is 58.6 Å². The van der Waals surface area contributed by atoms with Crippen LogP contribution in [0.1, 0.15) is 5.56 Å². The van der Waals surface area contributed by atoms with Crippen molar-refractivity contribution in [1.82, 2.24) is 14.8 Å². The van der Waals surface area contributed by atoms with E-state index in [0.29, 0.717) is 13.1 Å². The van der Waals surface area contributed by atoms with Gasteiger partial charge in [-0.3, -0.25) is 14.8 Å². The lowest BCUT2D eigenvalue weighted by atomic mass is 10.2. The molecule has 1 aromatic rings. The first-order valence-corrected chi connectivity index (χ1v) is 6.18. The van der Waals surface area contributed by atoms with Crippen molar-refractivity contribution in [1.29, 1.82) is 0 Å². The van der Waals surface area contributed by atoms with Gasteiger partial charge in [0.05, 0.1) is 12.7 Å². The highest BCUT2D eigenvalue weighted by molar-refractivity contribution is 5.81. The van der Waals surface area contributed by atoms with Crippen LogP contribution in [0.4, 0.5) is 4.39 Å². The fourth-order valence-electron chi connectivity index (χ4n) is 2.17.